The van der Waals surface area contributed by atoms with Crippen LogP contribution in [0.4, 0.5) is 0 Å². The quantitative estimate of drug-likeness (QED) is 0.170. The van der Waals surface area contributed by atoms with Crippen LogP contribution in [0.3, 0.4) is 0 Å². The van der Waals surface area contributed by atoms with Gasteiger partial charge in [-0.25, -0.2) is 0 Å². The molecular weight excluding hydrogens is 567 g/mol. The van der Waals surface area contributed by atoms with Crippen molar-refractivity contribution in [3.63, 3.8) is 0 Å². The van der Waals surface area contributed by atoms with Gasteiger partial charge in [0.2, 0.25) is 0 Å². The third-order valence-electron chi connectivity index (χ3n) is 6.40. The van der Waals surface area contributed by atoms with E-state index >= 15 is 0 Å². The van der Waals surface area contributed by atoms with Crippen molar-refractivity contribution in [3.8, 4) is 0 Å². The van der Waals surface area contributed by atoms with Crippen molar-refractivity contribution in [1.29, 1.82) is 0 Å². The van der Waals surface area contributed by atoms with Crippen molar-refractivity contribution < 1.29 is 23.3 Å². The third kappa shape index (κ3) is 6.85. The number of hydrogen-bond donors (Lipinski definition) is 0. The van der Waals surface area contributed by atoms with Gasteiger partial charge in [-0.15, -0.1) is 0 Å². The molecular formula is C31H34HfO. The number of benzene rings is 4. The summed E-state index contributed by atoms with van der Waals surface area (Å²) < 4.78 is 10.5. The van der Waals surface area contributed by atoms with Gasteiger partial charge in [0.1, 0.15) is 0 Å². The van der Waals surface area contributed by atoms with Crippen LogP contribution in [-0.2, 0) is 41.2 Å². The van der Waals surface area contributed by atoms with Crippen molar-refractivity contribution in [1.82, 2.24) is 0 Å². The molecule has 0 saturated heterocycles. The zero-order valence-electron chi connectivity index (χ0n) is 19.8. The van der Waals surface area contributed by atoms with Gasteiger partial charge in [-0.1, -0.05) is 0 Å². The Morgan fingerprint density at radius 1 is 0.515 bits per heavy atom. The summed E-state index contributed by atoms with van der Waals surface area (Å²) in [4.78, 5) is 0. The maximum absolute atomic E-state index is 7.28. The SMILES string of the molecule is CC(C)(C[O][Hf]([CH2]c1ccccc1)([CH2]c1ccccc1)[CH2]c1ccccc1)c1ccccc1. The van der Waals surface area contributed by atoms with Crippen molar-refractivity contribution in [2.24, 2.45) is 0 Å². The average Bonchev–Trinajstić information content (AvgIpc) is 2.85. The van der Waals surface area contributed by atoms with Gasteiger partial charge in [-0.3, -0.25) is 0 Å². The van der Waals surface area contributed by atoms with Crippen LogP contribution in [0, 0.1) is 0 Å². The second-order valence-corrected chi connectivity index (χ2v) is 23.1. The third-order valence-corrected chi connectivity index (χ3v) is 20.5. The Kier molecular flexibility index (Phi) is 8.11. The molecule has 0 aliphatic rings. The van der Waals surface area contributed by atoms with E-state index in [1.54, 1.807) is 0 Å². The van der Waals surface area contributed by atoms with Gasteiger partial charge >= 0.3 is 205 Å². The van der Waals surface area contributed by atoms with E-state index in [4.69, 9.17) is 2.85 Å². The predicted octanol–water partition coefficient (Wildman–Crippen LogP) is 7.65. The summed E-state index contributed by atoms with van der Waals surface area (Å²) in [5.41, 5.74) is 5.53. The summed E-state index contributed by atoms with van der Waals surface area (Å²) in [6.07, 6.45) is 0. The zero-order valence-corrected chi connectivity index (χ0v) is 23.4. The van der Waals surface area contributed by atoms with Crippen LogP contribution in [0.5, 0.6) is 0 Å². The molecule has 0 fully saturated rings. The summed E-state index contributed by atoms with van der Waals surface area (Å²) in [6.45, 7) is 5.38. The summed E-state index contributed by atoms with van der Waals surface area (Å²) in [7, 11) is 0. The van der Waals surface area contributed by atoms with Gasteiger partial charge in [-0.05, 0) is 0 Å². The molecule has 168 valence electrons. The van der Waals surface area contributed by atoms with E-state index in [-0.39, 0.29) is 5.41 Å². The Balaban J connectivity index is 1.70. The fraction of sp³-hybridized carbons (Fsp3) is 0.226. The van der Waals surface area contributed by atoms with E-state index in [1.165, 1.54) is 22.3 Å². The van der Waals surface area contributed by atoms with Crippen LogP contribution in [0.15, 0.2) is 121 Å². The normalized spacial score (nSPS) is 11.9. The molecule has 0 N–H and O–H groups in total. The van der Waals surface area contributed by atoms with E-state index in [9.17, 15) is 0 Å². The van der Waals surface area contributed by atoms with Crippen LogP contribution >= 0.6 is 0 Å². The van der Waals surface area contributed by atoms with Gasteiger partial charge in [0, 0.05) is 0 Å². The zero-order chi connectivity index (χ0) is 23.0. The van der Waals surface area contributed by atoms with Crippen molar-refractivity contribution in [3.05, 3.63) is 144 Å². The molecule has 0 unspecified atom stereocenters. The first-order valence-corrected chi connectivity index (χ1v) is 20.9. The van der Waals surface area contributed by atoms with Gasteiger partial charge in [0.25, 0.3) is 0 Å². The van der Waals surface area contributed by atoms with Crippen molar-refractivity contribution in [2.75, 3.05) is 6.61 Å². The van der Waals surface area contributed by atoms with E-state index in [0.29, 0.717) is 0 Å². The van der Waals surface area contributed by atoms with Gasteiger partial charge < -0.3 is 0 Å². The molecule has 0 saturated carbocycles. The van der Waals surface area contributed by atoms with Crippen LogP contribution < -0.4 is 0 Å². The Bertz CT molecular complexity index is 991. The second kappa shape index (κ2) is 11.2. The second-order valence-electron chi connectivity index (χ2n) is 9.71. The molecule has 0 amide bonds. The molecule has 1 nitrogen and oxygen atoms in total. The number of rotatable bonds is 10. The van der Waals surface area contributed by atoms with Crippen molar-refractivity contribution >= 4 is 0 Å². The molecule has 33 heavy (non-hydrogen) atoms. The first-order valence-electron chi connectivity index (χ1n) is 11.9. The molecule has 0 aromatic heterocycles. The van der Waals surface area contributed by atoms with Gasteiger partial charge in [-0.2, -0.15) is 0 Å². The Labute approximate surface area is 204 Å². The Hall–Kier alpha value is -2.29. The monoisotopic (exact) mass is 602 g/mol. The molecule has 4 aromatic carbocycles. The fourth-order valence-electron chi connectivity index (χ4n) is 4.55. The van der Waals surface area contributed by atoms with Crippen LogP contribution in [0.2, 0.25) is 0 Å². The van der Waals surface area contributed by atoms with Gasteiger partial charge in [0.15, 0.2) is 0 Å². The van der Waals surface area contributed by atoms with Crippen molar-refractivity contribution in [2.45, 2.75) is 31.8 Å². The van der Waals surface area contributed by atoms with Gasteiger partial charge in [0.05, 0.1) is 0 Å². The summed E-state index contributed by atoms with van der Waals surface area (Å²) in [6, 6.07) is 43.7. The van der Waals surface area contributed by atoms with E-state index in [2.05, 4.69) is 135 Å². The molecule has 0 aliphatic carbocycles. The summed E-state index contributed by atoms with van der Waals surface area (Å²) >= 11 is -3.41. The molecule has 0 aliphatic heterocycles. The minimum atomic E-state index is -3.41. The standard InChI is InChI=1S/C10H13O.3C7H7.Hf/c1-10(2,8-11)9-6-4-3-5-7-9;3*1-7-5-3-2-4-6-7;/h3-7H,8H2,1-2H3;3*2-6H,1H2;/q-1;;;;+1. The van der Waals surface area contributed by atoms with Crippen LogP contribution in [-0.4, -0.2) is 6.61 Å². The predicted molar refractivity (Wildman–Crippen MR) is 136 cm³/mol. The van der Waals surface area contributed by atoms with Crippen LogP contribution in [0.25, 0.3) is 0 Å². The molecule has 2 heteroatoms. The van der Waals surface area contributed by atoms with Crippen LogP contribution in [0.1, 0.15) is 36.1 Å². The minimum absolute atomic E-state index is 0.0312. The number of hydrogen-bond acceptors (Lipinski definition) is 1. The molecule has 0 atom stereocenters. The Morgan fingerprint density at radius 2 is 0.848 bits per heavy atom. The first-order chi connectivity index (χ1) is 16.0. The van der Waals surface area contributed by atoms with E-state index < -0.39 is 20.4 Å². The molecule has 0 radical (unpaired) electrons. The molecule has 0 bridgehead atoms. The first kappa shape index (κ1) is 23.9. The Morgan fingerprint density at radius 3 is 1.21 bits per heavy atom. The summed E-state index contributed by atoms with van der Waals surface area (Å²) in [5, 5.41) is 0. The average molecular weight is 601 g/mol. The summed E-state index contributed by atoms with van der Waals surface area (Å²) in [5.74, 6) is 0. The van der Waals surface area contributed by atoms with E-state index in [0.717, 1.165) is 19.1 Å². The van der Waals surface area contributed by atoms with E-state index in [1.807, 2.05) is 0 Å². The molecule has 4 aromatic rings. The topological polar surface area (TPSA) is 9.23 Å². The molecule has 0 heterocycles. The maximum atomic E-state index is 7.28. The fourth-order valence-corrected chi connectivity index (χ4v) is 20.0. The molecule has 0 spiro atoms. The molecule has 4 rings (SSSR count).